The Hall–Kier alpha value is -0.870. The lowest BCUT2D eigenvalue weighted by molar-refractivity contribution is -0.140. The molecular formula is C13H32O4. The molecule has 0 aromatic carbocycles. The molecule has 17 heavy (non-hydrogen) atoms. The molecule has 0 rings (SSSR count). The van der Waals surface area contributed by atoms with E-state index in [1.54, 1.807) is 6.92 Å². The van der Waals surface area contributed by atoms with Gasteiger partial charge in [0.2, 0.25) is 0 Å². The Kier molecular flexibility index (Phi) is 36.0. The zero-order valence-electron chi connectivity index (χ0n) is 7.91. The van der Waals surface area contributed by atoms with Crippen molar-refractivity contribution in [1.29, 1.82) is 0 Å². The molecule has 0 heterocycles. The van der Waals surface area contributed by atoms with Crippen molar-refractivity contribution in [2.24, 2.45) is 0 Å². The molecule has 0 saturated heterocycles. The molecule has 0 aromatic rings. The van der Waals surface area contributed by atoms with E-state index in [4.69, 9.17) is 14.6 Å². The number of hydrogen-bond donors (Lipinski definition) is 1. The highest BCUT2D eigenvalue weighted by Gasteiger charge is 2.01. The lowest BCUT2D eigenvalue weighted by Crippen LogP contribution is -2.11. The molecule has 4 nitrogen and oxygen atoms in total. The third kappa shape index (κ3) is 21.1. The van der Waals surface area contributed by atoms with Crippen LogP contribution in [0.25, 0.3) is 0 Å². The van der Waals surface area contributed by atoms with Crippen LogP contribution in [-0.4, -0.2) is 37.5 Å². The molecule has 0 spiro atoms. The van der Waals surface area contributed by atoms with Crippen molar-refractivity contribution in [2.45, 2.75) is 43.1 Å². The summed E-state index contributed by atoms with van der Waals surface area (Å²) in [5.41, 5.74) is 0.385. The van der Waals surface area contributed by atoms with Crippen molar-refractivity contribution in [2.75, 3.05) is 26.4 Å². The number of ether oxygens (including phenoxy) is 2. The van der Waals surface area contributed by atoms with Crippen molar-refractivity contribution in [3.8, 4) is 0 Å². The van der Waals surface area contributed by atoms with Crippen molar-refractivity contribution in [3.63, 3.8) is 0 Å². The van der Waals surface area contributed by atoms with Gasteiger partial charge in [-0.3, -0.25) is 0 Å². The van der Waals surface area contributed by atoms with E-state index in [9.17, 15) is 4.79 Å². The Morgan fingerprint density at radius 1 is 1.12 bits per heavy atom. The van der Waals surface area contributed by atoms with Crippen LogP contribution in [0, 0.1) is 0 Å². The van der Waals surface area contributed by atoms with E-state index >= 15 is 0 Å². The zero-order valence-corrected chi connectivity index (χ0v) is 7.91. The van der Waals surface area contributed by atoms with E-state index in [1.807, 2.05) is 0 Å². The van der Waals surface area contributed by atoms with Crippen LogP contribution in [0.1, 0.15) is 43.1 Å². The predicted molar refractivity (Wildman–Crippen MR) is 75.2 cm³/mol. The van der Waals surface area contributed by atoms with E-state index in [1.165, 1.54) is 0 Å². The summed E-state index contributed by atoms with van der Waals surface area (Å²) in [5, 5.41) is 8.41. The number of aliphatic hydroxyl groups excluding tert-OH is 1. The number of carbonyl (C=O) groups excluding carboxylic acids is 1. The summed E-state index contributed by atoms with van der Waals surface area (Å²) in [6.07, 6.45) is 0.606. The van der Waals surface area contributed by atoms with Crippen LogP contribution in [0.3, 0.4) is 0 Å². The number of hydrogen-bond acceptors (Lipinski definition) is 4. The monoisotopic (exact) mass is 252 g/mol. The topological polar surface area (TPSA) is 55.8 Å². The Labute approximate surface area is 108 Å². The first-order valence-corrected chi connectivity index (χ1v) is 4.19. The molecule has 1 N–H and O–H groups in total. The van der Waals surface area contributed by atoms with Crippen molar-refractivity contribution in [1.82, 2.24) is 0 Å². The van der Waals surface area contributed by atoms with Gasteiger partial charge in [0.05, 0.1) is 6.61 Å². The lowest BCUT2D eigenvalue weighted by atomic mass is 10.4. The zero-order chi connectivity index (χ0) is 10.1. The van der Waals surface area contributed by atoms with Gasteiger partial charge >= 0.3 is 5.97 Å². The van der Waals surface area contributed by atoms with Crippen molar-refractivity contribution < 1.29 is 19.4 Å². The van der Waals surface area contributed by atoms with E-state index in [-0.39, 0.29) is 42.9 Å². The van der Waals surface area contributed by atoms with Gasteiger partial charge in [-0.15, -0.1) is 0 Å². The quantitative estimate of drug-likeness (QED) is 0.430. The molecule has 0 aliphatic carbocycles. The highest BCUT2D eigenvalue weighted by Crippen LogP contribution is 1.91. The molecule has 0 aliphatic rings. The highest BCUT2D eigenvalue weighted by molar-refractivity contribution is 5.86. The molecule has 0 atom stereocenters. The predicted octanol–water partition coefficient (Wildman–Crippen LogP) is 3.05. The molecule has 4 heteroatoms. The maximum Gasteiger partial charge on any atom is 0.333 e. The first-order chi connectivity index (χ1) is 6.18. The fraction of sp³-hybridized carbons (Fsp3) is 0.769. The van der Waals surface area contributed by atoms with Gasteiger partial charge in [0, 0.05) is 18.8 Å². The second kappa shape index (κ2) is 20.5. The summed E-state index contributed by atoms with van der Waals surface area (Å²) < 4.78 is 9.79. The summed E-state index contributed by atoms with van der Waals surface area (Å²) in [6, 6.07) is 0. The average molecular weight is 252 g/mol. The number of rotatable bonds is 7. The van der Waals surface area contributed by atoms with Gasteiger partial charge < -0.3 is 14.6 Å². The van der Waals surface area contributed by atoms with Crippen LogP contribution in [0.15, 0.2) is 12.2 Å². The van der Waals surface area contributed by atoms with Gasteiger partial charge in [0.15, 0.2) is 0 Å². The van der Waals surface area contributed by atoms with Crippen LogP contribution >= 0.6 is 0 Å². The standard InChI is InChI=1S/C9H16O4.4CH4/c1-8(2)9(11)13-7-6-12-5-3-4-10;;;;/h10H,1,3-7H2,2H3;4*1H4. The highest BCUT2D eigenvalue weighted by atomic mass is 16.6. The van der Waals surface area contributed by atoms with Crippen LogP contribution in [0.4, 0.5) is 0 Å². The lowest BCUT2D eigenvalue weighted by Gasteiger charge is -2.04. The summed E-state index contributed by atoms with van der Waals surface area (Å²) >= 11 is 0. The number of carbonyl (C=O) groups is 1. The van der Waals surface area contributed by atoms with Gasteiger partial charge in [-0.1, -0.05) is 36.3 Å². The molecule has 0 radical (unpaired) electrons. The Bertz CT molecular complexity index is 167. The van der Waals surface area contributed by atoms with Crippen LogP contribution < -0.4 is 0 Å². The molecular weight excluding hydrogens is 220 g/mol. The largest absolute Gasteiger partial charge is 0.460 e. The molecule has 0 aromatic heterocycles. The second-order valence-electron chi connectivity index (χ2n) is 2.61. The minimum Gasteiger partial charge on any atom is -0.460 e. The van der Waals surface area contributed by atoms with Crippen molar-refractivity contribution in [3.05, 3.63) is 12.2 Å². The van der Waals surface area contributed by atoms with Crippen molar-refractivity contribution >= 4 is 5.97 Å². The third-order valence-corrected chi connectivity index (χ3v) is 1.26. The summed E-state index contributed by atoms with van der Waals surface area (Å²) in [6.45, 7) is 6.22. The Morgan fingerprint density at radius 3 is 2.06 bits per heavy atom. The SMILES string of the molecule is C.C.C.C.C=C(C)C(=O)OCCOCCCO. The average Bonchev–Trinajstić information content (AvgIpc) is 2.10. The molecule has 0 saturated carbocycles. The second-order valence-corrected chi connectivity index (χ2v) is 2.61. The first-order valence-electron chi connectivity index (χ1n) is 4.19. The van der Waals surface area contributed by atoms with E-state index in [0.29, 0.717) is 25.2 Å². The fourth-order valence-corrected chi connectivity index (χ4v) is 0.585. The molecule has 0 amide bonds. The Morgan fingerprint density at radius 2 is 1.65 bits per heavy atom. The molecule has 0 unspecified atom stereocenters. The number of aliphatic hydroxyl groups is 1. The summed E-state index contributed by atoms with van der Waals surface area (Å²) in [4.78, 5) is 10.8. The maximum atomic E-state index is 10.8. The first kappa shape index (κ1) is 29.8. The van der Waals surface area contributed by atoms with E-state index in [0.717, 1.165) is 0 Å². The Balaban J connectivity index is -0.000000120. The van der Waals surface area contributed by atoms with E-state index < -0.39 is 5.97 Å². The van der Waals surface area contributed by atoms with Gasteiger partial charge in [-0.05, 0) is 13.3 Å². The smallest absolute Gasteiger partial charge is 0.333 e. The van der Waals surface area contributed by atoms with Crippen LogP contribution in [0.5, 0.6) is 0 Å². The molecule has 0 bridgehead atoms. The number of esters is 1. The van der Waals surface area contributed by atoms with Gasteiger partial charge in [-0.25, -0.2) is 4.79 Å². The molecule has 0 aliphatic heterocycles. The normalized spacial score (nSPS) is 7.41. The minimum atomic E-state index is -0.397. The van der Waals surface area contributed by atoms with Gasteiger partial charge in [0.25, 0.3) is 0 Å². The van der Waals surface area contributed by atoms with Crippen LogP contribution in [-0.2, 0) is 14.3 Å². The van der Waals surface area contributed by atoms with Gasteiger partial charge in [-0.2, -0.15) is 0 Å². The third-order valence-electron chi connectivity index (χ3n) is 1.26. The summed E-state index contributed by atoms with van der Waals surface area (Å²) in [7, 11) is 0. The van der Waals surface area contributed by atoms with E-state index in [2.05, 4.69) is 6.58 Å². The minimum absolute atomic E-state index is 0. The fourth-order valence-electron chi connectivity index (χ4n) is 0.585. The summed E-state index contributed by atoms with van der Waals surface area (Å²) in [5.74, 6) is -0.397. The van der Waals surface area contributed by atoms with Crippen LogP contribution in [0.2, 0.25) is 0 Å². The van der Waals surface area contributed by atoms with Gasteiger partial charge in [0.1, 0.15) is 6.61 Å². The maximum absolute atomic E-state index is 10.8. The molecule has 108 valence electrons. The molecule has 0 fully saturated rings.